The van der Waals surface area contributed by atoms with E-state index < -0.39 is 6.58 Å². The van der Waals surface area contributed by atoms with E-state index in [1.165, 1.54) is 0 Å². The van der Waals surface area contributed by atoms with Crippen molar-refractivity contribution in [3.8, 4) is 5.75 Å². The zero-order valence-corrected chi connectivity index (χ0v) is 7.69. The Morgan fingerprint density at radius 3 is 2.27 bits per heavy atom. The van der Waals surface area contributed by atoms with E-state index in [0.717, 1.165) is 5.75 Å². The predicted molar refractivity (Wildman–Crippen MR) is 47.6 cm³/mol. The molecule has 0 radical (unpaired) electrons. The van der Waals surface area contributed by atoms with Crippen molar-refractivity contribution >= 4 is 23.7 Å². The van der Waals surface area contributed by atoms with Crippen molar-refractivity contribution in [2.24, 2.45) is 0 Å². The molecule has 4 heteroatoms. The molecule has 1 rings (SSSR count). The molecule has 0 amide bonds. The molecule has 0 fully saturated rings. The van der Waals surface area contributed by atoms with Crippen LogP contribution in [0.2, 0.25) is 0 Å². The first kappa shape index (κ1) is 8.44. The Hall–Kier alpha value is -0.660. The lowest BCUT2D eigenvalue weighted by Gasteiger charge is -1.96. The van der Waals surface area contributed by atoms with E-state index in [0.29, 0.717) is 5.30 Å². The Balaban J connectivity index is 3.01. The summed E-state index contributed by atoms with van der Waals surface area (Å²) in [5, 5.41) is 0.677. The Labute approximate surface area is 70.6 Å². The maximum Gasteiger partial charge on any atom is 0.197 e. The Bertz CT molecular complexity index is 295. The lowest BCUT2D eigenvalue weighted by Crippen LogP contribution is -1.91. The molecule has 0 heterocycles. The molecule has 0 saturated carbocycles. The molecule has 0 aliphatic heterocycles. The topological polar surface area (TPSA) is 26.3 Å². The van der Waals surface area contributed by atoms with E-state index in [9.17, 15) is 4.57 Å². The van der Waals surface area contributed by atoms with E-state index in [2.05, 4.69) is 11.8 Å². The highest BCUT2D eigenvalue weighted by molar-refractivity contribution is 8.02. The highest BCUT2D eigenvalue weighted by atomic mass is 32.4. The molecule has 0 saturated heterocycles. The summed E-state index contributed by atoms with van der Waals surface area (Å²) in [6.07, 6.45) is 0. The van der Waals surface area contributed by atoms with E-state index >= 15 is 0 Å². The summed E-state index contributed by atoms with van der Waals surface area (Å²) < 4.78 is 15.7. The molecule has 0 bridgehead atoms. The molecule has 0 aromatic heterocycles. The molecule has 1 atom stereocenters. The largest absolute Gasteiger partial charge is 0.497 e. The Kier molecular flexibility index (Phi) is 2.80. The highest BCUT2D eigenvalue weighted by Crippen LogP contribution is 2.10. The van der Waals surface area contributed by atoms with Gasteiger partial charge in [-0.2, -0.15) is 0 Å². The fourth-order valence-corrected chi connectivity index (χ4v) is 1.46. The first-order valence-electron chi connectivity index (χ1n) is 3.02. The predicted octanol–water partition coefficient (Wildman–Crippen LogP) is 1.61. The van der Waals surface area contributed by atoms with Crippen LogP contribution in [0.15, 0.2) is 24.3 Å². The third-order valence-electron chi connectivity index (χ3n) is 1.28. The number of benzene rings is 1. The fourth-order valence-electron chi connectivity index (χ4n) is 0.704. The molecule has 0 N–H and O–H groups in total. The number of hydrogen-bond donors (Lipinski definition) is 0. The minimum Gasteiger partial charge on any atom is -0.497 e. The van der Waals surface area contributed by atoms with Crippen molar-refractivity contribution in [2.75, 3.05) is 7.11 Å². The average molecular weight is 186 g/mol. The third-order valence-corrected chi connectivity index (χ3v) is 2.64. The van der Waals surface area contributed by atoms with Gasteiger partial charge in [-0.1, -0.05) is 0 Å². The molecule has 2 nitrogen and oxygen atoms in total. The molecule has 58 valence electrons. The highest BCUT2D eigenvalue weighted by Gasteiger charge is 1.93. The molecule has 1 aromatic rings. The summed E-state index contributed by atoms with van der Waals surface area (Å²) in [5.74, 6) is 0.751. The van der Waals surface area contributed by atoms with Gasteiger partial charge in [0.05, 0.1) is 7.11 Å². The van der Waals surface area contributed by atoms with Crippen LogP contribution in [-0.2, 0) is 16.4 Å². The number of rotatable bonds is 2. The van der Waals surface area contributed by atoms with Crippen molar-refractivity contribution in [3.63, 3.8) is 0 Å². The molecule has 1 aromatic carbocycles. The lowest BCUT2D eigenvalue weighted by molar-refractivity contribution is 0.415. The van der Waals surface area contributed by atoms with Crippen LogP contribution in [0.3, 0.4) is 0 Å². The Morgan fingerprint density at radius 2 is 1.91 bits per heavy atom. The molecule has 0 aliphatic rings. The van der Waals surface area contributed by atoms with Crippen LogP contribution in [0.1, 0.15) is 0 Å². The molecule has 0 aliphatic carbocycles. The fraction of sp³-hybridized carbons (Fsp3) is 0.143. The molecular weight excluding hydrogens is 179 g/mol. The van der Waals surface area contributed by atoms with Crippen LogP contribution in [-0.4, -0.2) is 7.11 Å². The summed E-state index contributed by atoms with van der Waals surface area (Å²) in [5.41, 5.74) is 0. The minimum atomic E-state index is -1.64. The van der Waals surface area contributed by atoms with Gasteiger partial charge in [0.1, 0.15) is 5.75 Å². The SMILES string of the molecule is COc1ccc(P(=O)=S)cc1. The first-order valence-corrected chi connectivity index (χ1v) is 5.30. The van der Waals surface area contributed by atoms with E-state index in [-0.39, 0.29) is 0 Å². The minimum absolute atomic E-state index is 0.677. The third kappa shape index (κ3) is 2.14. The van der Waals surface area contributed by atoms with E-state index in [4.69, 9.17) is 4.74 Å². The van der Waals surface area contributed by atoms with Crippen LogP contribution < -0.4 is 10.0 Å². The van der Waals surface area contributed by atoms with Crippen molar-refractivity contribution in [1.82, 2.24) is 0 Å². The summed E-state index contributed by atoms with van der Waals surface area (Å²) in [7, 11) is 1.59. The van der Waals surface area contributed by atoms with Crippen molar-refractivity contribution in [1.29, 1.82) is 0 Å². The van der Waals surface area contributed by atoms with Gasteiger partial charge in [-0.25, -0.2) is 0 Å². The van der Waals surface area contributed by atoms with Gasteiger partial charge in [0.15, 0.2) is 6.58 Å². The van der Waals surface area contributed by atoms with Crippen molar-refractivity contribution in [3.05, 3.63) is 24.3 Å². The monoisotopic (exact) mass is 186 g/mol. The van der Waals surface area contributed by atoms with Gasteiger partial charge >= 0.3 is 0 Å². The van der Waals surface area contributed by atoms with Gasteiger partial charge in [-0.3, -0.25) is 4.57 Å². The van der Waals surface area contributed by atoms with Crippen LogP contribution in [0.25, 0.3) is 0 Å². The zero-order chi connectivity index (χ0) is 8.27. The summed E-state index contributed by atoms with van der Waals surface area (Å²) in [4.78, 5) is 0. The van der Waals surface area contributed by atoms with Crippen LogP contribution in [0.4, 0.5) is 0 Å². The van der Waals surface area contributed by atoms with E-state index in [1.54, 1.807) is 31.4 Å². The smallest absolute Gasteiger partial charge is 0.197 e. The second kappa shape index (κ2) is 3.65. The van der Waals surface area contributed by atoms with Gasteiger partial charge in [0.2, 0.25) is 0 Å². The van der Waals surface area contributed by atoms with E-state index in [1.807, 2.05) is 0 Å². The normalized spacial score (nSPS) is 10.8. The van der Waals surface area contributed by atoms with Gasteiger partial charge in [-0.05, 0) is 36.1 Å². The Morgan fingerprint density at radius 1 is 1.36 bits per heavy atom. The first-order chi connectivity index (χ1) is 5.24. The molecule has 1 unspecified atom stereocenters. The quantitative estimate of drug-likeness (QED) is 0.656. The maximum atomic E-state index is 10.8. The van der Waals surface area contributed by atoms with Gasteiger partial charge in [0.25, 0.3) is 0 Å². The van der Waals surface area contributed by atoms with Crippen LogP contribution in [0, 0.1) is 0 Å². The van der Waals surface area contributed by atoms with Crippen molar-refractivity contribution in [2.45, 2.75) is 0 Å². The zero-order valence-electron chi connectivity index (χ0n) is 5.98. The number of methoxy groups -OCH3 is 1. The van der Waals surface area contributed by atoms with Gasteiger partial charge in [0, 0.05) is 5.30 Å². The van der Waals surface area contributed by atoms with Gasteiger partial charge < -0.3 is 4.74 Å². The van der Waals surface area contributed by atoms with Crippen LogP contribution >= 0.6 is 6.58 Å². The lowest BCUT2D eigenvalue weighted by atomic mass is 10.3. The standard InChI is InChI=1S/C7H7O2PS/c1-9-6-2-4-7(5-3-6)10(8)11/h2-5H,1H3. The number of hydrogen-bond acceptors (Lipinski definition) is 3. The summed E-state index contributed by atoms with van der Waals surface area (Å²) >= 11 is 4.59. The maximum absolute atomic E-state index is 10.8. The summed E-state index contributed by atoms with van der Waals surface area (Å²) in [6.45, 7) is -1.64. The molecular formula is C7H7O2PS. The van der Waals surface area contributed by atoms with Crippen LogP contribution in [0.5, 0.6) is 5.75 Å². The second-order valence-corrected chi connectivity index (χ2v) is 3.98. The molecule has 11 heavy (non-hydrogen) atoms. The van der Waals surface area contributed by atoms with Gasteiger partial charge in [-0.15, -0.1) is 0 Å². The average Bonchev–Trinajstić information content (AvgIpc) is 2.05. The molecule has 0 spiro atoms. The summed E-state index contributed by atoms with van der Waals surface area (Å²) in [6, 6.07) is 6.92. The second-order valence-electron chi connectivity index (χ2n) is 1.96. The number of ether oxygens (including phenoxy) is 1. The van der Waals surface area contributed by atoms with Crippen molar-refractivity contribution < 1.29 is 9.30 Å².